The Kier molecular flexibility index (Phi) is 2.74. The minimum atomic E-state index is 0.493. The van der Waals surface area contributed by atoms with Crippen LogP contribution in [0.4, 0.5) is 0 Å². The van der Waals surface area contributed by atoms with E-state index in [1.807, 2.05) is 0 Å². The number of aliphatic imine (C=N–C) groups is 1. The Bertz CT molecular complexity index is 149. The normalized spacial score (nSPS) is 22.5. The minimum Gasteiger partial charge on any atom is -0.370 e. The summed E-state index contributed by atoms with van der Waals surface area (Å²) >= 11 is 0. The van der Waals surface area contributed by atoms with Crippen LogP contribution in [0.25, 0.3) is 0 Å². The summed E-state index contributed by atoms with van der Waals surface area (Å²) in [5.41, 5.74) is 5.53. The van der Waals surface area contributed by atoms with Crippen LogP contribution in [-0.2, 0) is 0 Å². The van der Waals surface area contributed by atoms with Crippen molar-refractivity contribution in [2.75, 3.05) is 7.05 Å². The smallest absolute Gasteiger partial charge is 0.188 e. The lowest BCUT2D eigenvalue weighted by molar-refractivity contribution is 0.258. The van der Waals surface area contributed by atoms with Crippen LogP contribution in [0, 0.1) is 5.92 Å². The molecule has 1 unspecified atom stereocenters. The van der Waals surface area contributed by atoms with E-state index in [1.165, 1.54) is 19.3 Å². The predicted molar refractivity (Wildman–Crippen MR) is 47.5 cm³/mol. The summed E-state index contributed by atoms with van der Waals surface area (Å²) in [6, 6.07) is 0.493. The Labute approximate surface area is 68.1 Å². The third-order valence-corrected chi connectivity index (χ3v) is 2.47. The molecular formula is C8H17N3. The molecule has 0 heterocycles. The third kappa shape index (κ3) is 2.10. The van der Waals surface area contributed by atoms with Crippen molar-refractivity contribution < 1.29 is 0 Å². The summed E-state index contributed by atoms with van der Waals surface area (Å²) in [4.78, 5) is 3.85. The van der Waals surface area contributed by atoms with Gasteiger partial charge in [-0.3, -0.25) is 4.99 Å². The van der Waals surface area contributed by atoms with Crippen molar-refractivity contribution in [3.8, 4) is 0 Å². The zero-order valence-corrected chi connectivity index (χ0v) is 7.30. The second kappa shape index (κ2) is 3.60. The maximum Gasteiger partial charge on any atom is 0.188 e. The quantitative estimate of drug-likeness (QED) is 0.456. The highest BCUT2D eigenvalue weighted by Crippen LogP contribution is 2.29. The molecule has 0 radical (unpaired) electrons. The molecule has 0 aromatic rings. The fourth-order valence-electron chi connectivity index (χ4n) is 1.36. The molecule has 0 aliphatic heterocycles. The Morgan fingerprint density at radius 1 is 1.64 bits per heavy atom. The first-order valence-electron chi connectivity index (χ1n) is 4.23. The number of nitrogens with one attached hydrogen (secondary N) is 1. The molecule has 11 heavy (non-hydrogen) atoms. The highest BCUT2D eigenvalue weighted by Gasteiger charge is 2.23. The fraction of sp³-hybridized carbons (Fsp3) is 0.875. The molecule has 1 saturated carbocycles. The zero-order valence-electron chi connectivity index (χ0n) is 7.30. The summed E-state index contributed by atoms with van der Waals surface area (Å²) in [7, 11) is 1.70. The largest absolute Gasteiger partial charge is 0.370 e. The molecule has 0 amide bonds. The first kappa shape index (κ1) is 8.37. The molecule has 1 aliphatic carbocycles. The number of hydrogen-bond donors (Lipinski definition) is 2. The molecular weight excluding hydrogens is 138 g/mol. The monoisotopic (exact) mass is 155 g/mol. The number of guanidine groups is 1. The molecule has 0 spiro atoms. The number of rotatable bonds is 2. The zero-order chi connectivity index (χ0) is 8.27. The van der Waals surface area contributed by atoms with E-state index < -0.39 is 0 Å². The lowest BCUT2D eigenvalue weighted by Gasteiger charge is -2.32. The van der Waals surface area contributed by atoms with Gasteiger partial charge >= 0.3 is 0 Å². The van der Waals surface area contributed by atoms with Gasteiger partial charge in [0.15, 0.2) is 5.96 Å². The molecule has 0 bridgehead atoms. The fourth-order valence-corrected chi connectivity index (χ4v) is 1.36. The van der Waals surface area contributed by atoms with Crippen molar-refractivity contribution in [1.82, 2.24) is 5.32 Å². The van der Waals surface area contributed by atoms with Crippen molar-refractivity contribution in [3.63, 3.8) is 0 Å². The van der Waals surface area contributed by atoms with Crippen LogP contribution in [0.5, 0.6) is 0 Å². The van der Waals surface area contributed by atoms with Gasteiger partial charge in [-0.15, -0.1) is 0 Å². The van der Waals surface area contributed by atoms with E-state index in [9.17, 15) is 0 Å². The molecule has 0 aromatic carbocycles. The lowest BCUT2D eigenvalue weighted by Crippen LogP contribution is -2.44. The van der Waals surface area contributed by atoms with Gasteiger partial charge in [-0.1, -0.05) is 6.42 Å². The van der Waals surface area contributed by atoms with Crippen LogP contribution in [0.3, 0.4) is 0 Å². The van der Waals surface area contributed by atoms with Crippen LogP contribution < -0.4 is 11.1 Å². The van der Waals surface area contributed by atoms with Gasteiger partial charge in [0.1, 0.15) is 0 Å². The van der Waals surface area contributed by atoms with Crippen LogP contribution in [0.2, 0.25) is 0 Å². The molecule has 0 saturated heterocycles. The first-order chi connectivity index (χ1) is 5.24. The highest BCUT2D eigenvalue weighted by molar-refractivity contribution is 5.77. The van der Waals surface area contributed by atoms with Gasteiger partial charge in [0.25, 0.3) is 0 Å². The summed E-state index contributed by atoms with van der Waals surface area (Å²) in [5, 5.41) is 3.16. The van der Waals surface area contributed by atoms with E-state index >= 15 is 0 Å². The predicted octanol–water partition coefficient (Wildman–Crippen LogP) is 0.709. The molecule has 64 valence electrons. The number of hydrogen-bond acceptors (Lipinski definition) is 1. The van der Waals surface area contributed by atoms with E-state index in [-0.39, 0.29) is 0 Å². The van der Waals surface area contributed by atoms with E-state index in [4.69, 9.17) is 5.73 Å². The average molecular weight is 155 g/mol. The van der Waals surface area contributed by atoms with E-state index in [0.29, 0.717) is 12.0 Å². The van der Waals surface area contributed by atoms with Gasteiger partial charge in [-0.05, 0) is 25.7 Å². The Hall–Kier alpha value is -0.730. The van der Waals surface area contributed by atoms with Crippen LogP contribution in [0.1, 0.15) is 26.2 Å². The highest BCUT2D eigenvalue weighted by atomic mass is 15.1. The standard InChI is InChI=1S/C8H17N3/c1-6(7-4-3-5-7)11-8(9)10-2/h6-7H,3-5H2,1-2H3,(H3,9,10,11). The molecule has 3 N–H and O–H groups in total. The molecule has 0 aromatic heterocycles. The third-order valence-electron chi connectivity index (χ3n) is 2.47. The molecule has 1 rings (SSSR count). The van der Waals surface area contributed by atoms with Gasteiger partial charge in [0.2, 0.25) is 0 Å². The number of nitrogens with two attached hydrogens (primary N) is 1. The molecule has 3 heteroatoms. The van der Waals surface area contributed by atoms with E-state index in [0.717, 1.165) is 5.92 Å². The summed E-state index contributed by atoms with van der Waals surface area (Å²) in [6.45, 7) is 2.17. The van der Waals surface area contributed by atoms with E-state index in [2.05, 4.69) is 17.2 Å². The van der Waals surface area contributed by atoms with Crippen LogP contribution >= 0.6 is 0 Å². The van der Waals surface area contributed by atoms with Crippen molar-refractivity contribution in [1.29, 1.82) is 0 Å². The summed E-state index contributed by atoms with van der Waals surface area (Å²) < 4.78 is 0. The van der Waals surface area contributed by atoms with Crippen molar-refractivity contribution in [2.24, 2.45) is 16.6 Å². The molecule has 1 aliphatic rings. The van der Waals surface area contributed by atoms with Crippen LogP contribution in [-0.4, -0.2) is 19.0 Å². The van der Waals surface area contributed by atoms with Gasteiger partial charge in [-0.25, -0.2) is 0 Å². The van der Waals surface area contributed by atoms with Crippen LogP contribution in [0.15, 0.2) is 4.99 Å². The summed E-state index contributed by atoms with van der Waals surface area (Å²) in [5.74, 6) is 1.37. The molecule has 1 atom stereocenters. The summed E-state index contributed by atoms with van der Waals surface area (Å²) in [6.07, 6.45) is 4.05. The Morgan fingerprint density at radius 2 is 2.27 bits per heavy atom. The van der Waals surface area contributed by atoms with Gasteiger partial charge in [-0.2, -0.15) is 0 Å². The SMILES string of the molecule is CN=C(N)NC(C)C1CCC1. The average Bonchev–Trinajstić information content (AvgIpc) is 1.83. The topological polar surface area (TPSA) is 50.4 Å². The lowest BCUT2D eigenvalue weighted by atomic mass is 9.80. The maximum atomic E-state index is 5.53. The Balaban J connectivity index is 2.24. The van der Waals surface area contributed by atoms with Crippen molar-refractivity contribution in [2.45, 2.75) is 32.2 Å². The molecule has 1 fully saturated rings. The van der Waals surface area contributed by atoms with Crippen molar-refractivity contribution in [3.05, 3.63) is 0 Å². The molecule has 3 nitrogen and oxygen atoms in total. The Morgan fingerprint density at radius 3 is 2.64 bits per heavy atom. The minimum absolute atomic E-state index is 0.493. The van der Waals surface area contributed by atoms with Gasteiger partial charge in [0, 0.05) is 13.1 Å². The maximum absolute atomic E-state index is 5.53. The first-order valence-corrected chi connectivity index (χ1v) is 4.23. The number of nitrogens with zero attached hydrogens (tertiary/aromatic N) is 1. The van der Waals surface area contributed by atoms with E-state index in [1.54, 1.807) is 7.05 Å². The van der Waals surface area contributed by atoms with Crippen molar-refractivity contribution >= 4 is 5.96 Å². The van der Waals surface area contributed by atoms with Gasteiger partial charge < -0.3 is 11.1 Å². The second-order valence-corrected chi connectivity index (χ2v) is 3.23. The van der Waals surface area contributed by atoms with Gasteiger partial charge in [0.05, 0.1) is 0 Å². The second-order valence-electron chi connectivity index (χ2n) is 3.23.